The van der Waals surface area contributed by atoms with Crippen molar-refractivity contribution >= 4 is 5.69 Å². The van der Waals surface area contributed by atoms with Gasteiger partial charge in [-0.1, -0.05) is 0 Å². The minimum Gasteiger partial charge on any atom is -0.493 e. The summed E-state index contributed by atoms with van der Waals surface area (Å²) >= 11 is 0. The molecule has 0 aromatic heterocycles. The van der Waals surface area contributed by atoms with Gasteiger partial charge < -0.3 is 10.1 Å². The SMILES string of the molecule is Cc1ccc(OCCC2CCNC2)cc1[N+](=O)[O-]. The highest BCUT2D eigenvalue weighted by Crippen LogP contribution is 2.24. The second-order valence-electron chi connectivity index (χ2n) is 4.70. The molecule has 0 radical (unpaired) electrons. The molecule has 1 aliphatic heterocycles. The first-order chi connectivity index (χ1) is 8.66. The normalized spacial score (nSPS) is 18.8. The second-order valence-corrected chi connectivity index (χ2v) is 4.70. The van der Waals surface area contributed by atoms with Gasteiger partial charge in [0.2, 0.25) is 0 Å². The molecule has 1 heterocycles. The molecule has 1 aromatic rings. The molecule has 0 bridgehead atoms. The van der Waals surface area contributed by atoms with Gasteiger partial charge in [0.15, 0.2) is 0 Å². The van der Waals surface area contributed by atoms with Crippen LogP contribution in [0.25, 0.3) is 0 Å². The number of nitro benzene ring substituents is 1. The van der Waals surface area contributed by atoms with Crippen molar-refractivity contribution in [2.45, 2.75) is 19.8 Å². The van der Waals surface area contributed by atoms with Crippen molar-refractivity contribution in [1.82, 2.24) is 5.32 Å². The lowest BCUT2D eigenvalue weighted by Crippen LogP contribution is -2.11. The maximum absolute atomic E-state index is 10.8. The van der Waals surface area contributed by atoms with Crippen LogP contribution in [0.1, 0.15) is 18.4 Å². The van der Waals surface area contributed by atoms with Crippen LogP contribution in [0.15, 0.2) is 18.2 Å². The molecule has 1 aromatic carbocycles. The predicted molar refractivity (Wildman–Crippen MR) is 68.9 cm³/mol. The van der Waals surface area contributed by atoms with Gasteiger partial charge in [-0.3, -0.25) is 10.1 Å². The summed E-state index contributed by atoms with van der Waals surface area (Å²) in [6.45, 7) is 4.48. The van der Waals surface area contributed by atoms with Gasteiger partial charge in [-0.15, -0.1) is 0 Å². The Bertz CT molecular complexity index is 428. The van der Waals surface area contributed by atoms with E-state index in [0.717, 1.165) is 19.5 Å². The van der Waals surface area contributed by atoms with E-state index in [0.29, 0.717) is 23.8 Å². The Morgan fingerprint density at radius 3 is 3.06 bits per heavy atom. The van der Waals surface area contributed by atoms with Gasteiger partial charge in [0, 0.05) is 5.56 Å². The van der Waals surface area contributed by atoms with Crippen LogP contribution < -0.4 is 10.1 Å². The molecule has 1 unspecified atom stereocenters. The molecule has 1 saturated heterocycles. The Morgan fingerprint density at radius 2 is 2.39 bits per heavy atom. The van der Waals surface area contributed by atoms with Crippen molar-refractivity contribution in [3.05, 3.63) is 33.9 Å². The molecule has 5 nitrogen and oxygen atoms in total. The molecule has 18 heavy (non-hydrogen) atoms. The van der Waals surface area contributed by atoms with Gasteiger partial charge in [-0.05, 0) is 50.9 Å². The van der Waals surface area contributed by atoms with Crippen LogP contribution in [-0.4, -0.2) is 24.6 Å². The molecular formula is C13H18N2O3. The first-order valence-electron chi connectivity index (χ1n) is 6.25. The third kappa shape index (κ3) is 3.20. The van der Waals surface area contributed by atoms with E-state index in [1.165, 1.54) is 12.5 Å². The number of nitrogens with zero attached hydrogens (tertiary/aromatic N) is 1. The smallest absolute Gasteiger partial charge is 0.275 e. The van der Waals surface area contributed by atoms with Crippen molar-refractivity contribution in [3.63, 3.8) is 0 Å². The minimum atomic E-state index is -0.372. The van der Waals surface area contributed by atoms with E-state index in [1.54, 1.807) is 19.1 Å². The van der Waals surface area contributed by atoms with Crippen molar-refractivity contribution in [2.24, 2.45) is 5.92 Å². The molecule has 98 valence electrons. The predicted octanol–water partition coefficient (Wildman–Crippen LogP) is 2.28. The fourth-order valence-electron chi connectivity index (χ4n) is 2.18. The summed E-state index contributed by atoms with van der Waals surface area (Å²) < 4.78 is 5.58. The number of nitro groups is 1. The van der Waals surface area contributed by atoms with E-state index < -0.39 is 0 Å². The molecule has 1 aliphatic rings. The number of aryl methyl sites for hydroxylation is 1. The molecular weight excluding hydrogens is 232 g/mol. The van der Waals surface area contributed by atoms with Crippen LogP contribution >= 0.6 is 0 Å². The molecule has 0 amide bonds. The summed E-state index contributed by atoms with van der Waals surface area (Å²) in [5.74, 6) is 1.25. The first kappa shape index (κ1) is 12.8. The van der Waals surface area contributed by atoms with Crippen molar-refractivity contribution in [1.29, 1.82) is 0 Å². The third-order valence-corrected chi connectivity index (χ3v) is 3.33. The van der Waals surface area contributed by atoms with Gasteiger partial charge in [-0.25, -0.2) is 0 Å². The largest absolute Gasteiger partial charge is 0.493 e. The lowest BCUT2D eigenvalue weighted by atomic mass is 10.1. The van der Waals surface area contributed by atoms with E-state index >= 15 is 0 Å². The lowest BCUT2D eigenvalue weighted by molar-refractivity contribution is -0.385. The number of hydrogen-bond donors (Lipinski definition) is 1. The molecule has 5 heteroatoms. The van der Waals surface area contributed by atoms with E-state index in [-0.39, 0.29) is 10.6 Å². The van der Waals surface area contributed by atoms with Crippen molar-refractivity contribution in [3.8, 4) is 5.75 Å². The quantitative estimate of drug-likeness (QED) is 0.643. The summed E-state index contributed by atoms with van der Waals surface area (Å²) in [4.78, 5) is 10.4. The zero-order chi connectivity index (χ0) is 13.0. The summed E-state index contributed by atoms with van der Waals surface area (Å²) in [6.07, 6.45) is 2.19. The van der Waals surface area contributed by atoms with E-state index in [4.69, 9.17) is 4.74 Å². The van der Waals surface area contributed by atoms with Gasteiger partial charge in [0.1, 0.15) is 5.75 Å². The van der Waals surface area contributed by atoms with Crippen molar-refractivity contribution < 1.29 is 9.66 Å². The van der Waals surface area contributed by atoms with Crippen LogP contribution in [0.4, 0.5) is 5.69 Å². The Kier molecular flexibility index (Phi) is 4.15. The number of ether oxygens (including phenoxy) is 1. The fraction of sp³-hybridized carbons (Fsp3) is 0.538. The topological polar surface area (TPSA) is 64.4 Å². The van der Waals surface area contributed by atoms with E-state index in [2.05, 4.69) is 5.32 Å². The maximum Gasteiger partial charge on any atom is 0.275 e. The maximum atomic E-state index is 10.8. The van der Waals surface area contributed by atoms with Gasteiger partial charge in [0.25, 0.3) is 5.69 Å². The van der Waals surface area contributed by atoms with Crippen LogP contribution in [0.3, 0.4) is 0 Å². The average Bonchev–Trinajstić information content (AvgIpc) is 2.84. The zero-order valence-electron chi connectivity index (χ0n) is 10.5. The molecule has 1 atom stereocenters. The number of nitrogens with one attached hydrogen (secondary N) is 1. The van der Waals surface area contributed by atoms with Crippen LogP contribution in [0.2, 0.25) is 0 Å². The summed E-state index contributed by atoms with van der Waals surface area (Å²) in [6, 6.07) is 5.02. The molecule has 1 N–H and O–H groups in total. The summed E-state index contributed by atoms with van der Waals surface area (Å²) in [5.41, 5.74) is 0.780. The standard InChI is InChI=1S/C13H18N2O3/c1-10-2-3-12(8-13(10)15(16)17)18-7-5-11-4-6-14-9-11/h2-3,8,11,14H,4-7,9H2,1H3. The Hall–Kier alpha value is -1.62. The Labute approximate surface area is 106 Å². The fourth-order valence-corrected chi connectivity index (χ4v) is 2.18. The van der Waals surface area contributed by atoms with Crippen LogP contribution in [-0.2, 0) is 0 Å². The van der Waals surface area contributed by atoms with Gasteiger partial charge in [0.05, 0.1) is 17.6 Å². The number of rotatable bonds is 5. The second kappa shape index (κ2) is 5.82. The highest BCUT2D eigenvalue weighted by molar-refractivity contribution is 5.45. The minimum absolute atomic E-state index is 0.120. The van der Waals surface area contributed by atoms with Crippen LogP contribution in [0, 0.1) is 23.0 Å². The van der Waals surface area contributed by atoms with E-state index in [1.807, 2.05) is 0 Å². The highest BCUT2D eigenvalue weighted by atomic mass is 16.6. The summed E-state index contributed by atoms with van der Waals surface area (Å²) in [7, 11) is 0. The molecule has 0 aliphatic carbocycles. The number of benzene rings is 1. The monoisotopic (exact) mass is 250 g/mol. The third-order valence-electron chi connectivity index (χ3n) is 3.33. The van der Waals surface area contributed by atoms with Gasteiger partial charge in [-0.2, -0.15) is 0 Å². The highest BCUT2D eigenvalue weighted by Gasteiger charge is 2.15. The number of hydrogen-bond acceptors (Lipinski definition) is 4. The first-order valence-corrected chi connectivity index (χ1v) is 6.25. The van der Waals surface area contributed by atoms with Gasteiger partial charge >= 0.3 is 0 Å². The van der Waals surface area contributed by atoms with E-state index in [9.17, 15) is 10.1 Å². The Balaban J connectivity index is 1.88. The average molecular weight is 250 g/mol. The van der Waals surface area contributed by atoms with Crippen LogP contribution in [0.5, 0.6) is 5.75 Å². The Morgan fingerprint density at radius 1 is 1.56 bits per heavy atom. The summed E-state index contributed by atoms with van der Waals surface area (Å²) in [5, 5.41) is 14.1. The molecule has 0 spiro atoms. The van der Waals surface area contributed by atoms with Crippen molar-refractivity contribution in [2.75, 3.05) is 19.7 Å². The lowest BCUT2D eigenvalue weighted by Gasteiger charge is -2.10. The molecule has 2 rings (SSSR count). The zero-order valence-corrected chi connectivity index (χ0v) is 10.5. The molecule has 0 saturated carbocycles. The molecule has 1 fully saturated rings.